The van der Waals surface area contributed by atoms with Gasteiger partial charge in [-0.05, 0) is 60.7 Å². The van der Waals surface area contributed by atoms with E-state index >= 15 is 0 Å². The molecule has 0 aromatic heterocycles. The fraction of sp³-hybridized carbons (Fsp3) is 0.120. The van der Waals surface area contributed by atoms with Gasteiger partial charge in [-0.3, -0.25) is 4.79 Å². The highest BCUT2D eigenvalue weighted by atomic mass is 16.2. The highest BCUT2D eigenvalue weighted by Gasteiger charge is 2.21. The summed E-state index contributed by atoms with van der Waals surface area (Å²) >= 11 is 0. The van der Waals surface area contributed by atoms with E-state index in [0.29, 0.717) is 42.3 Å². The van der Waals surface area contributed by atoms with Crippen LogP contribution >= 0.6 is 0 Å². The molecule has 0 atom stereocenters. The van der Waals surface area contributed by atoms with Crippen molar-refractivity contribution in [1.29, 1.82) is 5.26 Å². The second kappa shape index (κ2) is 10.8. The van der Waals surface area contributed by atoms with Crippen molar-refractivity contribution >= 4 is 40.7 Å². The quantitative estimate of drug-likeness (QED) is 0.436. The van der Waals surface area contributed by atoms with Gasteiger partial charge in [0.2, 0.25) is 5.91 Å². The van der Waals surface area contributed by atoms with Crippen LogP contribution < -0.4 is 31.3 Å². The molecule has 4 N–H and O–H groups in total. The van der Waals surface area contributed by atoms with E-state index < -0.39 is 12.1 Å². The van der Waals surface area contributed by atoms with Crippen molar-refractivity contribution in [2.24, 2.45) is 0 Å². The van der Waals surface area contributed by atoms with Crippen LogP contribution in [0.4, 0.5) is 32.3 Å². The second-order valence-electron chi connectivity index (χ2n) is 7.63. The number of hydrogen-bond acceptors (Lipinski definition) is 5. The Balaban J connectivity index is 1.45. The SMILES string of the molecule is N#Cc1ccc(NC(=O)NN(C(=O)Nc2ccc(N3CCNCC3=O)cc2)c2ccccc2)cc1. The molecule has 3 aromatic carbocycles. The molecular weight excluding hydrogens is 446 g/mol. The summed E-state index contributed by atoms with van der Waals surface area (Å²) in [4.78, 5) is 39.5. The van der Waals surface area contributed by atoms with Crippen LogP contribution in [0.5, 0.6) is 0 Å². The molecule has 3 aromatic rings. The Morgan fingerprint density at radius 2 is 1.57 bits per heavy atom. The molecule has 1 saturated heterocycles. The van der Waals surface area contributed by atoms with Gasteiger partial charge < -0.3 is 20.9 Å². The summed E-state index contributed by atoms with van der Waals surface area (Å²) in [5.41, 5.74) is 5.17. The predicted molar refractivity (Wildman–Crippen MR) is 133 cm³/mol. The van der Waals surface area contributed by atoms with E-state index in [1.807, 2.05) is 6.07 Å². The fourth-order valence-corrected chi connectivity index (χ4v) is 3.48. The summed E-state index contributed by atoms with van der Waals surface area (Å²) in [7, 11) is 0. The number of amides is 5. The molecule has 0 spiro atoms. The maximum absolute atomic E-state index is 13.1. The molecule has 0 radical (unpaired) electrons. The normalized spacial score (nSPS) is 12.9. The number of benzene rings is 3. The number of hydrazine groups is 1. The zero-order valence-electron chi connectivity index (χ0n) is 18.7. The molecular formula is C25H23N7O3. The van der Waals surface area contributed by atoms with Crippen molar-refractivity contribution in [3.8, 4) is 6.07 Å². The van der Waals surface area contributed by atoms with E-state index in [1.54, 1.807) is 83.8 Å². The molecule has 0 bridgehead atoms. The summed E-state index contributed by atoms with van der Waals surface area (Å²) < 4.78 is 0. The number of nitriles is 1. The number of urea groups is 2. The minimum atomic E-state index is -0.638. The van der Waals surface area contributed by atoms with Crippen molar-refractivity contribution < 1.29 is 14.4 Å². The van der Waals surface area contributed by atoms with Gasteiger partial charge >= 0.3 is 12.1 Å². The van der Waals surface area contributed by atoms with E-state index in [1.165, 1.54) is 0 Å². The number of anilines is 4. The first-order valence-electron chi connectivity index (χ1n) is 10.9. The Bertz CT molecular complexity index is 1240. The van der Waals surface area contributed by atoms with Gasteiger partial charge in [-0.2, -0.15) is 5.26 Å². The molecule has 1 fully saturated rings. The lowest BCUT2D eigenvalue weighted by Crippen LogP contribution is -2.50. The molecule has 1 heterocycles. The van der Waals surface area contributed by atoms with Gasteiger partial charge in [-0.1, -0.05) is 18.2 Å². The first-order valence-corrected chi connectivity index (χ1v) is 10.9. The maximum atomic E-state index is 13.1. The van der Waals surface area contributed by atoms with Crippen molar-refractivity contribution in [3.63, 3.8) is 0 Å². The minimum absolute atomic E-state index is 0.0132. The predicted octanol–water partition coefficient (Wildman–Crippen LogP) is 3.27. The Labute approximate surface area is 202 Å². The Kier molecular flexibility index (Phi) is 7.20. The van der Waals surface area contributed by atoms with E-state index in [0.717, 1.165) is 10.7 Å². The van der Waals surface area contributed by atoms with Crippen LogP contribution in [0, 0.1) is 11.3 Å². The summed E-state index contributed by atoms with van der Waals surface area (Å²) in [5.74, 6) is -0.0132. The van der Waals surface area contributed by atoms with Crippen LogP contribution in [0.25, 0.3) is 0 Å². The molecule has 0 aliphatic carbocycles. The van der Waals surface area contributed by atoms with Gasteiger partial charge in [-0.15, -0.1) is 0 Å². The van der Waals surface area contributed by atoms with Crippen LogP contribution in [-0.4, -0.2) is 37.6 Å². The largest absolute Gasteiger partial charge is 0.345 e. The van der Waals surface area contributed by atoms with Crippen LogP contribution in [0.15, 0.2) is 78.9 Å². The second-order valence-corrected chi connectivity index (χ2v) is 7.63. The maximum Gasteiger partial charge on any atom is 0.345 e. The number of piperazine rings is 1. The lowest BCUT2D eigenvalue weighted by Gasteiger charge is -2.27. The van der Waals surface area contributed by atoms with E-state index in [4.69, 9.17) is 5.26 Å². The zero-order valence-corrected chi connectivity index (χ0v) is 18.7. The van der Waals surface area contributed by atoms with Crippen molar-refractivity contribution in [3.05, 3.63) is 84.4 Å². The molecule has 1 aliphatic rings. The van der Waals surface area contributed by atoms with Crippen LogP contribution in [0.2, 0.25) is 0 Å². The number of para-hydroxylation sites is 1. The van der Waals surface area contributed by atoms with Crippen LogP contribution in [0.1, 0.15) is 5.56 Å². The van der Waals surface area contributed by atoms with Crippen molar-refractivity contribution in [1.82, 2.24) is 10.7 Å². The van der Waals surface area contributed by atoms with Gasteiger partial charge in [0.05, 0.1) is 23.9 Å². The lowest BCUT2D eigenvalue weighted by atomic mass is 10.2. The summed E-state index contributed by atoms with van der Waals surface area (Å²) in [5, 5.41) is 18.4. The standard InChI is InChI=1S/C25H23N7O3/c26-16-18-6-8-19(9-7-18)28-24(34)30-32(22-4-2-1-3-5-22)25(35)29-20-10-12-21(13-11-20)31-15-14-27-17-23(31)33/h1-13,27H,14-15,17H2,(H,29,35)(H2,28,30,34). The smallest absolute Gasteiger partial charge is 0.310 e. The third-order valence-corrected chi connectivity index (χ3v) is 5.22. The fourth-order valence-electron chi connectivity index (χ4n) is 3.48. The number of carbonyl (C=O) groups excluding carboxylic acids is 3. The Morgan fingerprint density at radius 3 is 2.23 bits per heavy atom. The van der Waals surface area contributed by atoms with E-state index in [2.05, 4.69) is 21.4 Å². The highest BCUT2D eigenvalue weighted by molar-refractivity contribution is 6.05. The molecule has 10 nitrogen and oxygen atoms in total. The molecule has 0 unspecified atom stereocenters. The molecule has 10 heteroatoms. The number of rotatable bonds is 4. The molecule has 176 valence electrons. The van der Waals surface area contributed by atoms with Gasteiger partial charge in [0.25, 0.3) is 0 Å². The third-order valence-electron chi connectivity index (χ3n) is 5.22. The molecule has 5 amide bonds. The average molecular weight is 470 g/mol. The monoisotopic (exact) mass is 469 g/mol. The lowest BCUT2D eigenvalue weighted by molar-refractivity contribution is -0.118. The first-order chi connectivity index (χ1) is 17.0. The van der Waals surface area contributed by atoms with Gasteiger partial charge in [0.15, 0.2) is 0 Å². The van der Waals surface area contributed by atoms with Crippen molar-refractivity contribution in [2.75, 3.05) is 40.2 Å². The number of hydrogen-bond donors (Lipinski definition) is 4. The molecule has 1 aliphatic heterocycles. The minimum Gasteiger partial charge on any atom is -0.310 e. The summed E-state index contributed by atoms with van der Waals surface area (Å²) in [6.45, 7) is 1.58. The number of nitrogens with one attached hydrogen (secondary N) is 4. The Morgan fingerprint density at radius 1 is 0.914 bits per heavy atom. The Hall–Kier alpha value is -4.88. The first kappa shape index (κ1) is 23.3. The molecule has 4 rings (SSSR count). The number of nitrogens with zero attached hydrogens (tertiary/aromatic N) is 3. The van der Waals surface area contributed by atoms with Crippen LogP contribution in [0.3, 0.4) is 0 Å². The van der Waals surface area contributed by atoms with Gasteiger partial charge in [-0.25, -0.2) is 20.0 Å². The topological polar surface area (TPSA) is 130 Å². The highest BCUT2D eigenvalue weighted by Crippen LogP contribution is 2.20. The average Bonchev–Trinajstić information content (AvgIpc) is 2.89. The molecule has 35 heavy (non-hydrogen) atoms. The third kappa shape index (κ3) is 5.93. The van der Waals surface area contributed by atoms with Gasteiger partial charge in [0.1, 0.15) is 0 Å². The molecule has 0 saturated carbocycles. The van der Waals surface area contributed by atoms with Crippen LogP contribution in [-0.2, 0) is 4.79 Å². The summed E-state index contributed by atoms with van der Waals surface area (Å²) in [6, 6.07) is 22.7. The van der Waals surface area contributed by atoms with Crippen molar-refractivity contribution in [2.45, 2.75) is 0 Å². The number of carbonyl (C=O) groups is 3. The zero-order chi connectivity index (χ0) is 24.6. The van der Waals surface area contributed by atoms with E-state index in [9.17, 15) is 14.4 Å². The summed E-state index contributed by atoms with van der Waals surface area (Å²) in [6.07, 6.45) is 0. The van der Waals surface area contributed by atoms with Gasteiger partial charge in [0, 0.05) is 30.2 Å². The van der Waals surface area contributed by atoms with E-state index in [-0.39, 0.29) is 5.91 Å².